The van der Waals surface area contributed by atoms with Crippen molar-refractivity contribution in [1.82, 2.24) is 9.88 Å². The number of pyridine rings is 1. The van der Waals surface area contributed by atoms with Crippen molar-refractivity contribution in [1.29, 1.82) is 0 Å². The van der Waals surface area contributed by atoms with Crippen molar-refractivity contribution in [2.75, 3.05) is 11.9 Å². The molecule has 5 nitrogen and oxygen atoms in total. The predicted molar refractivity (Wildman–Crippen MR) is 102 cm³/mol. The van der Waals surface area contributed by atoms with Crippen LogP contribution in [0.3, 0.4) is 0 Å². The fourth-order valence-corrected chi connectivity index (χ4v) is 3.45. The van der Waals surface area contributed by atoms with Crippen molar-refractivity contribution in [3.8, 4) is 0 Å². The number of aryl methyl sites for hydroxylation is 2. The van der Waals surface area contributed by atoms with Crippen molar-refractivity contribution >= 4 is 17.5 Å². The minimum atomic E-state index is -0.248. The number of amides is 2. The summed E-state index contributed by atoms with van der Waals surface area (Å²) in [6.07, 6.45) is 3.20. The summed E-state index contributed by atoms with van der Waals surface area (Å²) < 4.78 is 0. The standard InChI is InChI=1S/C21H25N3O2/c1-14-11-12-17(16(3)22-14)20(25)23-19-10-5-4-9-18(19)21(26)24-13-7-6-8-15(24)2/h4-5,9-12,15H,6-8,13H2,1-3H3,(H,23,25). The zero-order chi connectivity index (χ0) is 18.7. The maximum atomic E-state index is 13.0. The number of aromatic nitrogens is 1. The Kier molecular flexibility index (Phi) is 5.35. The van der Waals surface area contributed by atoms with Gasteiger partial charge in [0, 0.05) is 18.3 Å². The van der Waals surface area contributed by atoms with E-state index in [1.54, 1.807) is 18.2 Å². The van der Waals surface area contributed by atoms with Gasteiger partial charge in [0.1, 0.15) is 0 Å². The van der Waals surface area contributed by atoms with E-state index < -0.39 is 0 Å². The summed E-state index contributed by atoms with van der Waals surface area (Å²) in [5.74, 6) is -0.270. The molecule has 3 rings (SSSR count). The third-order valence-electron chi connectivity index (χ3n) is 4.94. The quantitative estimate of drug-likeness (QED) is 0.910. The lowest BCUT2D eigenvalue weighted by molar-refractivity contribution is 0.0636. The van der Waals surface area contributed by atoms with E-state index in [9.17, 15) is 9.59 Å². The number of nitrogens with zero attached hydrogens (tertiary/aromatic N) is 2. The second-order valence-electron chi connectivity index (χ2n) is 6.93. The number of carbonyl (C=O) groups excluding carboxylic acids is 2. The first kappa shape index (κ1) is 18.1. The smallest absolute Gasteiger partial charge is 0.257 e. The van der Waals surface area contributed by atoms with Gasteiger partial charge in [0.05, 0.1) is 22.5 Å². The zero-order valence-electron chi connectivity index (χ0n) is 15.6. The molecule has 0 saturated carbocycles. The first-order valence-electron chi connectivity index (χ1n) is 9.13. The summed E-state index contributed by atoms with van der Waals surface area (Å²) in [5, 5.41) is 2.90. The number of likely N-dealkylation sites (tertiary alicyclic amines) is 1. The molecule has 1 saturated heterocycles. The van der Waals surface area contributed by atoms with Gasteiger partial charge >= 0.3 is 0 Å². The van der Waals surface area contributed by atoms with Crippen LogP contribution in [0, 0.1) is 13.8 Å². The Morgan fingerprint density at radius 1 is 1.08 bits per heavy atom. The van der Waals surface area contributed by atoms with E-state index in [2.05, 4.69) is 17.2 Å². The highest BCUT2D eigenvalue weighted by Crippen LogP contribution is 2.24. The summed E-state index contributed by atoms with van der Waals surface area (Å²) >= 11 is 0. The van der Waals surface area contributed by atoms with E-state index >= 15 is 0 Å². The Labute approximate surface area is 154 Å². The van der Waals surface area contributed by atoms with E-state index in [-0.39, 0.29) is 17.9 Å². The molecule has 0 bridgehead atoms. The number of anilines is 1. The van der Waals surface area contributed by atoms with Gasteiger partial charge in [0.25, 0.3) is 11.8 Å². The van der Waals surface area contributed by atoms with Crippen molar-refractivity contribution in [3.63, 3.8) is 0 Å². The van der Waals surface area contributed by atoms with Crippen molar-refractivity contribution in [2.45, 2.75) is 46.1 Å². The summed E-state index contributed by atoms with van der Waals surface area (Å²) in [7, 11) is 0. The topological polar surface area (TPSA) is 62.3 Å². The first-order chi connectivity index (χ1) is 12.5. The lowest BCUT2D eigenvalue weighted by Crippen LogP contribution is -2.42. The molecule has 0 spiro atoms. The van der Waals surface area contributed by atoms with Crippen LogP contribution in [0.2, 0.25) is 0 Å². The minimum Gasteiger partial charge on any atom is -0.336 e. The normalized spacial score (nSPS) is 17.0. The van der Waals surface area contributed by atoms with E-state index in [4.69, 9.17) is 0 Å². The number of para-hydroxylation sites is 1. The molecular weight excluding hydrogens is 326 g/mol. The van der Waals surface area contributed by atoms with E-state index in [1.807, 2.05) is 36.9 Å². The number of hydrogen-bond donors (Lipinski definition) is 1. The fraction of sp³-hybridized carbons (Fsp3) is 0.381. The molecule has 26 heavy (non-hydrogen) atoms. The Morgan fingerprint density at radius 3 is 2.58 bits per heavy atom. The molecule has 1 N–H and O–H groups in total. The summed E-state index contributed by atoms with van der Waals surface area (Å²) in [4.78, 5) is 32.0. The SMILES string of the molecule is Cc1ccc(C(=O)Nc2ccccc2C(=O)N2CCCCC2C)c(C)n1. The minimum absolute atomic E-state index is 0.0214. The van der Waals surface area contributed by atoms with E-state index in [0.717, 1.165) is 31.5 Å². The monoisotopic (exact) mass is 351 g/mol. The summed E-state index contributed by atoms with van der Waals surface area (Å²) in [6.45, 7) is 6.56. The molecule has 0 aliphatic carbocycles. The first-order valence-corrected chi connectivity index (χ1v) is 9.13. The molecule has 0 radical (unpaired) electrons. The molecular formula is C21H25N3O2. The third kappa shape index (κ3) is 3.77. The highest BCUT2D eigenvalue weighted by Gasteiger charge is 2.26. The molecule has 1 aliphatic heterocycles. The lowest BCUT2D eigenvalue weighted by atomic mass is 10.0. The second kappa shape index (κ2) is 7.68. The number of hydrogen-bond acceptors (Lipinski definition) is 3. The van der Waals surface area contributed by atoms with Crippen LogP contribution in [0.4, 0.5) is 5.69 Å². The summed E-state index contributed by atoms with van der Waals surface area (Å²) in [5.41, 5.74) is 3.14. The van der Waals surface area contributed by atoms with Crippen LogP contribution < -0.4 is 5.32 Å². The van der Waals surface area contributed by atoms with Gasteiger partial charge in [-0.1, -0.05) is 12.1 Å². The Hall–Kier alpha value is -2.69. The van der Waals surface area contributed by atoms with Crippen LogP contribution in [0.25, 0.3) is 0 Å². The van der Waals surface area contributed by atoms with Crippen LogP contribution in [0.5, 0.6) is 0 Å². The number of nitrogens with one attached hydrogen (secondary N) is 1. The number of rotatable bonds is 3. The predicted octanol–water partition coefficient (Wildman–Crippen LogP) is 3.97. The van der Waals surface area contributed by atoms with Gasteiger partial charge in [0.15, 0.2) is 0 Å². The van der Waals surface area contributed by atoms with Crippen molar-refractivity contribution < 1.29 is 9.59 Å². The van der Waals surface area contributed by atoms with Gasteiger partial charge in [-0.15, -0.1) is 0 Å². The molecule has 2 heterocycles. The largest absolute Gasteiger partial charge is 0.336 e. The molecule has 1 unspecified atom stereocenters. The van der Waals surface area contributed by atoms with Crippen LogP contribution in [0.15, 0.2) is 36.4 Å². The van der Waals surface area contributed by atoms with Gasteiger partial charge in [-0.3, -0.25) is 14.6 Å². The molecule has 1 fully saturated rings. The Balaban J connectivity index is 1.85. The van der Waals surface area contributed by atoms with Crippen molar-refractivity contribution in [3.05, 3.63) is 58.9 Å². The highest BCUT2D eigenvalue weighted by atomic mass is 16.2. The van der Waals surface area contributed by atoms with Gasteiger partial charge in [-0.2, -0.15) is 0 Å². The highest BCUT2D eigenvalue weighted by molar-refractivity contribution is 6.09. The van der Waals surface area contributed by atoms with Crippen LogP contribution in [0.1, 0.15) is 58.3 Å². The van der Waals surface area contributed by atoms with E-state index in [1.165, 1.54) is 0 Å². The van der Waals surface area contributed by atoms with Gasteiger partial charge in [-0.05, 0) is 64.3 Å². The number of benzene rings is 1. The summed E-state index contributed by atoms with van der Waals surface area (Å²) in [6, 6.07) is 11.0. The molecule has 136 valence electrons. The number of piperidine rings is 1. The van der Waals surface area contributed by atoms with Crippen LogP contribution in [-0.2, 0) is 0 Å². The average Bonchev–Trinajstić information content (AvgIpc) is 2.62. The van der Waals surface area contributed by atoms with Crippen molar-refractivity contribution in [2.24, 2.45) is 0 Å². The van der Waals surface area contributed by atoms with Gasteiger partial charge in [0.2, 0.25) is 0 Å². The molecule has 1 aromatic carbocycles. The van der Waals surface area contributed by atoms with E-state index in [0.29, 0.717) is 22.5 Å². The molecule has 2 amide bonds. The lowest BCUT2D eigenvalue weighted by Gasteiger charge is -2.34. The fourth-order valence-electron chi connectivity index (χ4n) is 3.45. The maximum Gasteiger partial charge on any atom is 0.257 e. The van der Waals surface area contributed by atoms with Crippen LogP contribution in [-0.4, -0.2) is 34.3 Å². The maximum absolute atomic E-state index is 13.0. The second-order valence-corrected chi connectivity index (χ2v) is 6.93. The Bertz CT molecular complexity index is 832. The number of carbonyl (C=O) groups is 2. The average molecular weight is 351 g/mol. The van der Waals surface area contributed by atoms with Crippen LogP contribution >= 0.6 is 0 Å². The Morgan fingerprint density at radius 2 is 1.85 bits per heavy atom. The van der Waals surface area contributed by atoms with Gasteiger partial charge in [-0.25, -0.2) is 0 Å². The zero-order valence-corrected chi connectivity index (χ0v) is 15.6. The van der Waals surface area contributed by atoms with Gasteiger partial charge < -0.3 is 10.2 Å². The molecule has 2 aromatic rings. The molecule has 1 atom stereocenters. The molecule has 1 aromatic heterocycles. The third-order valence-corrected chi connectivity index (χ3v) is 4.94. The molecule has 5 heteroatoms. The molecule has 1 aliphatic rings.